The number of hydrogen-bond acceptors (Lipinski definition) is 4. The number of nitrogens with one attached hydrogen (secondary N) is 2. The Morgan fingerprint density at radius 2 is 1.56 bits per heavy atom. The van der Waals surface area contributed by atoms with Gasteiger partial charge >= 0.3 is 0 Å². The van der Waals surface area contributed by atoms with Crippen molar-refractivity contribution >= 4 is 34.4 Å². The molecule has 39 heavy (non-hydrogen) atoms. The molecule has 0 saturated heterocycles. The molecule has 3 aromatic rings. The first kappa shape index (κ1) is 30.8. The second kappa shape index (κ2) is 15.7. The summed E-state index contributed by atoms with van der Waals surface area (Å²) in [6.07, 6.45) is 1.42. The van der Waals surface area contributed by atoms with Crippen LogP contribution in [-0.2, 0) is 13.0 Å². The van der Waals surface area contributed by atoms with E-state index < -0.39 is 12.1 Å². The van der Waals surface area contributed by atoms with Crippen molar-refractivity contribution in [1.29, 1.82) is 0 Å². The van der Waals surface area contributed by atoms with Gasteiger partial charge in [0.2, 0.25) is 0 Å². The number of aryl methyl sites for hydroxylation is 1. The molecule has 2 atom stereocenters. The molecule has 0 spiro atoms. The number of aliphatic hydroxyl groups is 1. The molecular formula is C32H40IN3O3. The van der Waals surface area contributed by atoms with Gasteiger partial charge < -0.3 is 20.6 Å². The number of aliphatic hydroxyl groups excluding tert-OH is 1. The van der Waals surface area contributed by atoms with Gasteiger partial charge in [0.1, 0.15) is 0 Å². The van der Waals surface area contributed by atoms with E-state index in [2.05, 4.69) is 53.1 Å². The molecule has 0 radical (unpaired) electrons. The van der Waals surface area contributed by atoms with Crippen molar-refractivity contribution in [3.8, 4) is 0 Å². The maximum absolute atomic E-state index is 13.5. The highest BCUT2D eigenvalue weighted by molar-refractivity contribution is 14.1. The second-order valence-electron chi connectivity index (χ2n) is 9.98. The Balaban J connectivity index is 1.75. The molecule has 208 valence electrons. The van der Waals surface area contributed by atoms with Crippen molar-refractivity contribution in [3.63, 3.8) is 0 Å². The summed E-state index contributed by atoms with van der Waals surface area (Å²) in [5, 5.41) is 17.5. The lowest BCUT2D eigenvalue weighted by atomic mass is 9.99. The van der Waals surface area contributed by atoms with E-state index in [1.807, 2.05) is 66.4 Å². The van der Waals surface area contributed by atoms with E-state index >= 15 is 0 Å². The van der Waals surface area contributed by atoms with Crippen molar-refractivity contribution in [1.82, 2.24) is 15.5 Å². The van der Waals surface area contributed by atoms with E-state index in [-0.39, 0.29) is 11.8 Å². The van der Waals surface area contributed by atoms with E-state index in [0.29, 0.717) is 43.7 Å². The molecule has 3 rings (SSSR count). The molecule has 0 unspecified atom stereocenters. The summed E-state index contributed by atoms with van der Waals surface area (Å²) in [6.45, 7) is 8.31. The third kappa shape index (κ3) is 9.74. The minimum absolute atomic E-state index is 0.0582. The molecule has 3 N–H and O–H groups in total. The number of halogens is 1. The molecule has 0 aliphatic rings. The second-order valence-corrected chi connectivity index (χ2v) is 11.2. The zero-order valence-corrected chi connectivity index (χ0v) is 25.3. The Kier molecular flexibility index (Phi) is 12.4. The Bertz CT molecular complexity index is 1210. The van der Waals surface area contributed by atoms with Crippen LogP contribution in [0.15, 0.2) is 72.8 Å². The highest BCUT2D eigenvalue weighted by Crippen LogP contribution is 2.15. The van der Waals surface area contributed by atoms with Gasteiger partial charge in [0, 0.05) is 40.9 Å². The molecule has 3 aromatic carbocycles. The maximum atomic E-state index is 13.5. The quantitative estimate of drug-likeness (QED) is 0.207. The Morgan fingerprint density at radius 3 is 2.23 bits per heavy atom. The average molecular weight is 642 g/mol. The van der Waals surface area contributed by atoms with Gasteiger partial charge in [-0.1, -0.05) is 56.3 Å². The van der Waals surface area contributed by atoms with Crippen LogP contribution in [0, 0.1) is 10.5 Å². The molecule has 0 saturated carbocycles. The van der Waals surface area contributed by atoms with Crippen LogP contribution in [0.4, 0.5) is 0 Å². The van der Waals surface area contributed by atoms with Gasteiger partial charge in [0.05, 0.1) is 12.1 Å². The van der Waals surface area contributed by atoms with Crippen LogP contribution < -0.4 is 10.6 Å². The third-order valence-electron chi connectivity index (χ3n) is 6.51. The van der Waals surface area contributed by atoms with Crippen molar-refractivity contribution in [2.45, 2.75) is 58.7 Å². The predicted octanol–water partition coefficient (Wildman–Crippen LogP) is 5.35. The van der Waals surface area contributed by atoms with E-state index in [4.69, 9.17) is 0 Å². The van der Waals surface area contributed by atoms with Crippen LogP contribution in [0.25, 0.3) is 0 Å². The molecule has 0 fully saturated rings. The fourth-order valence-electron chi connectivity index (χ4n) is 4.63. The average Bonchev–Trinajstić information content (AvgIpc) is 2.92. The van der Waals surface area contributed by atoms with Gasteiger partial charge in [0.15, 0.2) is 0 Å². The Morgan fingerprint density at radius 1 is 0.897 bits per heavy atom. The summed E-state index contributed by atoms with van der Waals surface area (Å²) in [5.74, 6) is -0.361. The molecule has 0 aromatic heterocycles. The van der Waals surface area contributed by atoms with E-state index in [1.54, 1.807) is 12.1 Å². The number of carbonyl (C=O) groups excluding carboxylic acids is 2. The van der Waals surface area contributed by atoms with Gasteiger partial charge in [-0.15, -0.1) is 0 Å². The Hall–Kier alpha value is -2.75. The molecule has 2 amide bonds. The molecular weight excluding hydrogens is 601 g/mol. The number of carbonyl (C=O) groups is 2. The van der Waals surface area contributed by atoms with Gasteiger partial charge in [-0.05, 0) is 95.8 Å². The first-order valence-electron chi connectivity index (χ1n) is 13.7. The first-order valence-corrected chi connectivity index (χ1v) is 14.8. The van der Waals surface area contributed by atoms with Gasteiger partial charge in [0.25, 0.3) is 11.8 Å². The van der Waals surface area contributed by atoms with Crippen molar-refractivity contribution in [2.75, 3.05) is 19.6 Å². The highest BCUT2D eigenvalue weighted by Gasteiger charge is 2.24. The zero-order valence-electron chi connectivity index (χ0n) is 23.1. The van der Waals surface area contributed by atoms with Crippen molar-refractivity contribution in [3.05, 3.63) is 104 Å². The number of rotatable bonds is 14. The third-order valence-corrected chi connectivity index (χ3v) is 7.18. The monoisotopic (exact) mass is 641 g/mol. The van der Waals surface area contributed by atoms with Crippen LogP contribution in [0.3, 0.4) is 0 Å². The standard InChI is InChI=1S/C32H40IN3O3/c1-4-14-36(15-5-2)32(39)27-17-23(3)16-26(20-27)31(38)35-29(19-24-10-7-6-8-11-24)30(37)22-34-21-25-12-9-13-28(33)18-25/h6-13,16-18,20,29-30,34,37H,4-5,14-15,19,21-22H2,1-3H3,(H,35,38)/t29-,30+/m0/s1. The summed E-state index contributed by atoms with van der Waals surface area (Å²) in [7, 11) is 0. The molecule has 0 bridgehead atoms. The van der Waals surface area contributed by atoms with Crippen LogP contribution in [-0.4, -0.2) is 53.6 Å². The summed E-state index contributed by atoms with van der Waals surface area (Å²) in [6, 6.07) is 22.8. The van der Waals surface area contributed by atoms with Gasteiger partial charge in [-0.25, -0.2) is 0 Å². The number of benzene rings is 3. The number of nitrogens with zero attached hydrogens (tertiary/aromatic N) is 1. The van der Waals surface area contributed by atoms with E-state index in [1.165, 1.54) is 0 Å². The molecule has 6 nitrogen and oxygen atoms in total. The minimum Gasteiger partial charge on any atom is -0.390 e. The lowest BCUT2D eigenvalue weighted by molar-refractivity contribution is 0.0755. The largest absolute Gasteiger partial charge is 0.390 e. The molecule has 7 heteroatoms. The minimum atomic E-state index is -0.813. The normalized spacial score (nSPS) is 12.5. The smallest absolute Gasteiger partial charge is 0.253 e. The highest BCUT2D eigenvalue weighted by atomic mass is 127. The lowest BCUT2D eigenvalue weighted by Crippen LogP contribution is -2.48. The molecule has 0 aliphatic heterocycles. The first-order chi connectivity index (χ1) is 18.8. The van der Waals surface area contributed by atoms with Gasteiger partial charge in [-0.3, -0.25) is 9.59 Å². The SMILES string of the molecule is CCCN(CCC)C(=O)c1cc(C)cc(C(=O)N[C@@H](Cc2ccccc2)[C@H](O)CNCc2cccc(I)c2)c1. The molecule has 0 heterocycles. The fourth-order valence-corrected chi connectivity index (χ4v) is 5.24. The van der Waals surface area contributed by atoms with E-state index in [9.17, 15) is 14.7 Å². The number of hydrogen-bond donors (Lipinski definition) is 3. The molecule has 0 aliphatic carbocycles. The van der Waals surface area contributed by atoms with Crippen LogP contribution in [0.1, 0.15) is 64.1 Å². The predicted molar refractivity (Wildman–Crippen MR) is 166 cm³/mol. The lowest BCUT2D eigenvalue weighted by Gasteiger charge is -2.25. The van der Waals surface area contributed by atoms with Crippen LogP contribution in [0.2, 0.25) is 0 Å². The maximum Gasteiger partial charge on any atom is 0.253 e. The summed E-state index contributed by atoms with van der Waals surface area (Å²) >= 11 is 2.28. The zero-order chi connectivity index (χ0) is 28.2. The van der Waals surface area contributed by atoms with Crippen molar-refractivity contribution in [2.24, 2.45) is 0 Å². The fraction of sp³-hybridized carbons (Fsp3) is 0.375. The summed E-state index contributed by atoms with van der Waals surface area (Å²) < 4.78 is 1.16. The number of amides is 2. The van der Waals surface area contributed by atoms with Crippen molar-refractivity contribution < 1.29 is 14.7 Å². The summed E-state index contributed by atoms with van der Waals surface area (Å²) in [5.41, 5.74) is 3.94. The summed E-state index contributed by atoms with van der Waals surface area (Å²) in [4.78, 5) is 28.5. The van der Waals surface area contributed by atoms with Crippen LogP contribution in [0.5, 0.6) is 0 Å². The van der Waals surface area contributed by atoms with E-state index in [0.717, 1.165) is 33.1 Å². The Labute approximate surface area is 246 Å². The topological polar surface area (TPSA) is 81.7 Å². The van der Waals surface area contributed by atoms with Gasteiger partial charge in [-0.2, -0.15) is 0 Å². The van der Waals surface area contributed by atoms with Crippen LogP contribution >= 0.6 is 22.6 Å².